The van der Waals surface area contributed by atoms with Gasteiger partial charge in [0.25, 0.3) is 5.91 Å². The molecule has 152 valence electrons. The lowest BCUT2D eigenvalue weighted by Gasteiger charge is -2.21. The maximum atomic E-state index is 13.1. The summed E-state index contributed by atoms with van der Waals surface area (Å²) in [6, 6.07) is 11.6. The summed E-state index contributed by atoms with van der Waals surface area (Å²) in [5.41, 5.74) is 7.80. The molecule has 0 spiro atoms. The molecule has 2 aromatic carbocycles. The van der Waals surface area contributed by atoms with Gasteiger partial charge in [0, 0.05) is 30.0 Å². The Bertz CT molecular complexity index is 922. The van der Waals surface area contributed by atoms with Gasteiger partial charge in [-0.1, -0.05) is 18.9 Å². The highest BCUT2D eigenvalue weighted by Crippen LogP contribution is 2.26. The first-order chi connectivity index (χ1) is 12.9. The predicted molar refractivity (Wildman–Crippen MR) is 114 cm³/mol. The van der Waals surface area contributed by atoms with E-state index in [1.807, 2.05) is 0 Å². The second-order valence-corrected chi connectivity index (χ2v) is 8.78. The summed E-state index contributed by atoms with van der Waals surface area (Å²) in [5.74, 6) is -0.308. The smallest absolute Gasteiger partial charge is 0.255 e. The molecule has 0 atom stereocenters. The van der Waals surface area contributed by atoms with Gasteiger partial charge in [0.2, 0.25) is 10.0 Å². The average Bonchev–Trinajstić information content (AvgIpc) is 2.93. The van der Waals surface area contributed by atoms with Gasteiger partial charge in [-0.2, -0.15) is 4.31 Å². The molecule has 6 nitrogen and oxygen atoms in total. The van der Waals surface area contributed by atoms with Crippen LogP contribution in [0, 0.1) is 6.92 Å². The molecule has 3 rings (SSSR count). The minimum absolute atomic E-state index is 0. The largest absolute Gasteiger partial charge is 0.399 e. The molecule has 0 radical (unpaired) electrons. The van der Waals surface area contributed by atoms with Gasteiger partial charge in [-0.25, -0.2) is 8.42 Å². The number of amides is 1. The van der Waals surface area contributed by atoms with E-state index in [1.54, 1.807) is 53.7 Å². The maximum Gasteiger partial charge on any atom is 0.255 e. The molecule has 3 N–H and O–H groups in total. The Morgan fingerprint density at radius 2 is 1.61 bits per heavy atom. The number of anilines is 2. The zero-order chi connectivity index (χ0) is 19.4. The van der Waals surface area contributed by atoms with Crippen molar-refractivity contribution in [3.63, 3.8) is 0 Å². The zero-order valence-corrected chi connectivity index (χ0v) is 17.5. The molecule has 2 aromatic rings. The van der Waals surface area contributed by atoms with E-state index in [4.69, 9.17) is 5.73 Å². The molecule has 8 heteroatoms. The molecule has 28 heavy (non-hydrogen) atoms. The maximum absolute atomic E-state index is 13.1. The fourth-order valence-corrected chi connectivity index (χ4v) is 4.98. The third-order valence-corrected chi connectivity index (χ3v) is 6.84. The third-order valence-electron chi connectivity index (χ3n) is 4.80. The summed E-state index contributed by atoms with van der Waals surface area (Å²) in [6.07, 6.45) is 3.88. The van der Waals surface area contributed by atoms with Crippen LogP contribution in [0.5, 0.6) is 0 Å². The molecule has 0 unspecified atom stereocenters. The molecule has 1 fully saturated rings. The Morgan fingerprint density at radius 3 is 2.21 bits per heavy atom. The highest BCUT2D eigenvalue weighted by Gasteiger charge is 2.27. The molecule has 0 bridgehead atoms. The van der Waals surface area contributed by atoms with Crippen molar-refractivity contribution in [2.45, 2.75) is 37.5 Å². The number of nitrogen functional groups attached to an aromatic ring is 1. The van der Waals surface area contributed by atoms with Crippen molar-refractivity contribution in [1.29, 1.82) is 0 Å². The monoisotopic (exact) mass is 423 g/mol. The number of benzene rings is 2. The van der Waals surface area contributed by atoms with Crippen molar-refractivity contribution >= 4 is 39.7 Å². The number of hydrogen-bond acceptors (Lipinski definition) is 4. The number of nitrogens with two attached hydrogens (primary N) is 1. The Balaban J connectivity index is 0.00000280. The number of aryl methyl sites for hydroxylation is 1. The standard InChI is InChI=1S/C20H25N3O3S.ClH/c1-15-6-11-18(22-20(24)16-7-9-17(21)10-8-16)14-19(15)27(25,26)23-12-4-2-3-5-13-23;/h6-11,14H,2-5,12-13,21H2,1H3,(H,22,24);1H. The second-order valence-electron chi connectivity index (χ2n) is 6.87. The van der Waals surface area contributed by atoms with E-state index >= 15 is 0 Å². The van der Waals surface area contributed by atoms with Crippen molar-refractivity contribution in [1.82, 2.24) is 4.31 Å². The van der Waals surface area contributed by atoms with Gasteiger partial charge in [-0.3, -0.25) is 4.79 Å². The van der Waals surface area contributed by atoms with Crippen molar-refractivity contribution < 1.29 is 13.2 Å². The summed E-state index contributed by atoms with van der Waals surface area (Å²) in [7, 11) is -3.58. The lowest BCUT2D eigenvalue weighted by molar-refractivity contribution is 0.102. The van der Waals surface area contributed by atoms with Gasteiger partial charge in [0.1, 0.15) is 0 Å². The van der Waals surface area contributed by atoms with Crippen molar-refractivity contribution in [2.75, 3.05) is 24.1 Å². The molecule has 1 aliphatic heterocycles. The Morgan fingerprint density at radius 1 is 1.00 bits per heavy atom. The van der Waals surface area contributed by atoms with Crippen LogP contribution < -0.4 is 11.1 Å². The summed E-state index contributed by atoms with van der Waals surface area (Å²) in [6.45, 7) is 2.86. The molecule has 1 amide bonds. The van der Waals surface area contributed by atoms with Crippen LogP contribution in [0.2, 0.25) is 0 Å². The van der Waals surface area contributed by atoms with E-state index in [-0.39, 0.29) is 23.2 Å². The average molecular weight is 424 g/mol. The van der Waals surface area contributed by atoms with E-state index in [0.717, 1.165) is 25.7 Å². The van der Waals surface area contributed by atoms with Crippen LogP contribution in [0.15, 0.2) is 47.4 Å². The molecule has 0 aliphatic carbocycles. The van der Waals surface area contributed by atoms with Crippen molar-refractivity contribution in [3.05, 3.63) is 53.6 Å². The summed E-state index contributed by atoms with van der Waals surface area (Å²) >= 11 is 0. The van der Waals surface area contributed by atoms with E-state index in [2.05, 4.69) is 5.32 Å². The first-order valence-corrected chi connectivity index (χ1v) is 10.6. The predicted octanol–water partition coefficient (Wildman–Crippen LogP) is 3.82. The topological polar surface area (TPSA) is 92.5 Å². The van der Waals surface area contributed by atoms with Crippen molar-refractivity contribution in [2.24, 2.45) is 0 Å². The fourth-order valence-electron chi connectivity index (χ4n) is 3.21. The Hall–Kier alpha value is -2.09. The number of carbonyl (C=O) groups excluding carboxylic acids is 1. The first kappa shape index (κ1) is 22.2. The Kier molecular flexibility index (Phi) is 7.46. The molecule has 1 aliphatic rings. The lowest BCUT2D eigenvalue weighted by Crippen LogP contribution is -2.32. The van der Waals surface area contributed by atoms with Crippen LogP contribution in [0.4, 0.5) is 11.4 Å². The third kappa shape index (κ3) is 5.04. The molecular formula is C20H26ClN3O3S. The van der Waals surface area contributed by atoms with Crippen LogP contribution in [0.25, 0.3) is 0 Å². The Labute approximate surface area is 172 Å². The quantitative estimate of drug-likeness (QED) is 0.731. The number of rotatable bonds is 4. The van der Waals surface area contributed by atoms with Gasteiger partial charge < -0.3 is 11.1 Å². The van der Waals surface area contributed by atoms with Crippen LogP contribution in [0.3, 0.4) is 0 Å². The number of sulfonamides is 1. The van der Waals surface area contributed by atoms with E-state index in [1.165, 1.54) is 0 Å². The normalized spacial score (nSPS) is 15.3. The molecule has 0 aromatic heterocycles. The van der Waals surface area contributed by atoms with E-state index < -0.39 is 10.0 Å². The highest BCUT2D eigenvalue weighted by molar-refractivity contribution is 7.89. The van der Waals surface area contributed by atoms with Gasteiger partial charge in [0.15, 0.2) is 0 Å². The van der Waals surface area contributed by atoms with Crippen molar-refractivity contribution in [3.8, 4) is 0 Å². The van der Waals surface area contributed by atoms with Crippen LogP contribution in [-0.2, 0) is 10.0 Å². The molecule has 1 saturated heterocycles. The van der Waals surface area contributed by atoms with Gasteiger partial charge >= 0.3 is 0 Å². The fraction of sp³-hybridized carbons (Fsp3) is 0.350. The van der Waals surface area contributed by atoms with Crippen LogP contribution in [-0.4, -0.2) is 31.7 Å². The summed E-state index contributed by atoms with van der Waals surface area (Å²) < 4.78 is 27.8. The molecule has 0 saturated carbocycles. The van der Waals surface area contributed by atoms with E-state index in [9.17, 15) is 13.2 Å². The SMILES string of the molecule is Cc1ccc(NC(=O)c2ccc(N)cc2)cc1S(=O)(=O)N1CCCCCC1.Cl. The minimum Gasteiger partial charge on any atom is -0.399 e. The van der Waals surface area contributed by atoms with E-state index in [0.29, 0.717) is 35.6 Å². The van der Waals surface area contributed by atoms with Crippen LogP contribution >= 0.6 is 12.4 Å². The lowest BCUT2D eigenvalue weighted by atomic mass is 10.2. The number of carbonyl (C=O) groups is 1. The summed E-state index contributed by atoms with van der Waals surface area (Å²) in [4.78, 5) is 12.7. The second kappa shape index (κ2) is 9.41. The van der Waals surface area contributed by atoms with Gasteiger partial charge in [-0.05, 0) is 61.7 Å². The number of hydrogen-bond donors (Lipinski definition) is 2. The molecule has 1 heterocycles. The van der Waals surface area contributed by atoms with Crippen LogP contribution in [0.1, 0.15) is 41.6 Å². The molecular weight excluding hydrogens is 398 g/mol. The number of halogens is 1. The first-order valence-electron chi connectivity index (χ1n) is 9.15. The summed E-state index contributed by atoms with van der Waals surface area (Å²) in [5, 5.41) is 2.77. The zero-order valence-electron chi connectivity index (χ0n) is 15.8. The highest BCUT2D eigenvalue weighted by atomic mass is 35.5. The number of nitrogens with zero attached hydrogens (tertiary/aromatic N) is 1. The minimum atomic E-state index is -3.58. The van der Waals surface area contributed by atoms with Gasteiger partial charge in [-0.15, -0.1) is 12.4 Å². The van der Waals surface area contributed by atoms with Gasteiger partial charge in [0.05, 0.1) is 4.90 Å². The number of nitrogens with one attached hydrogen (secondary N) is 1.